The molecule has 0 bridgehead atoms. The minimum absolute atomic E-state index is 0.0882. The van der Waals surface area contributed by atoms with E-state index < -0.39 is 0 Å². The van der Waals surface area contributed by atoms with Crippen LogP contribution in [-0.2, 0) is 0 Å². The van der Waals surface area contributed by atoms with E-state index in [-0.39, 0.29) is 6.10 Å². The molecule has 5 nitrogen and oxygen atoms in total. The molecule has 1 unspecified atom stereocenters. The number of thiocarbonyl (C=S) groups is 1. The Morgan fingerprint density at radius 2 is 1.72 bits per heavy atom. The lowest BCUT2D eigenvalue weighted by Gasteiger charge is -2.27. The third-order valence-corrected chi connectivity index (χ3v) is 4.85. The second-order valence-electron chi connectivity index (χ2n) is 6.57. The average Bonchev–Trinajstić information content (AvgIpc) is 2.78. The molecule has 29 heavy (non-hydrogen) atoms. The Labute approximate surface area is 175 Å². The highest BCUT2D eigenvalue weighted by Gasteiger charge is 2.26. The zero-order chi connectivity index (χ0) is 20.1. The molecular weight excluding hydrogens is 382 g/mol. The smallest absolute Gasteiger partial charge is 0.191 e. The molecule has 0 fully saturated rings. The van der Waals surface area contributed by atoms with Gasteiger partial charge in [-0.1, -0.05) is 42.5 Å². The van der Waals surface area contributed by atoms with Gasteiger partial charge in [0.2, 0.25) is 0 Å². The highest BCUT2D eigenvalue weighted by atomic mass is 32.1. The monoisotopic (exact) mass is 403 g/mol. The number of benzene rings is 3. The van der Waals surface area contributed by atoms with E-state index in [2.05, 4.69) is 28.0 Å². The van der Waals surface area contributed by atoms with Crippen molar-refractivity contribution in [3.63, 3.8) is 0 Å². The van der Waals surface area contributed by atoms with Crippen molar-refractivity contribution < 1.29 is 9.47 Å². The van der Waals surface area contributed by atoms with E-state index in [1.807, 2.05) is 66.7 Å². The Bertz CT molecular complexity index is 1020. The number of hydrazone groups is 1. The van der Waals surface area contributed by atoms with Crippen LogP contribution in [0.2, 0.25) is 0 Å². The van der Waals surface area contributed by atoms with Gasteiger partial charge in [-0.05, 0) is 54.2 Å². The predicted octanol–water partition coefficient (Wildman–Crippen LogP) is 4.91. The van der Waals surface area contributed by atoms with Gasteiger partial charge in [-0.25, -0.2) is 0 Å². The summed E-state index contributed by atoms with van der Waals surface area (Å²) in [4.78, 5) is 0. The second kappa shape index (κ2) is 8.75. The van der Waals surface area contributed by atoms with Crippen molar-refractivity contribution in [1.29, 1.82) is 0 Å². The molecule has 0 saturated carbocycles. The molecule has 0 aliphatic carbocycles. The Kier molecular flexibility index (Phi) is 5.72. The Morgan fingerprint density at radius 1 is 1.00 bits per heavy atom. The maximum Gasteiger partial charge on any atom is 0.191 e. The maximum atomic E-state index is 6.20. The van der Waals surface area contributed by atoms with Crippen molar-refractivity contribution in [1.82, 2.24) is 5.43 Å². The summed E-state index contributed by atoms with van der Waals surface area (Å²) >= 11 is 5.40. The predicted molar refractivity (Wildman–Crippen MR) is 120 cm³/mol. The van der Waals surface area contributed by atoms with E-state index in [0.717, 1.165) is 34.0 Å². The molecule has 0 aromatic heterocycles. The third kappa shape index (κ3) is 4.55. The van der Waals surface area contributed by atoms with Gasteiger partial charge in [0.1, 0.15) is 17.6 Å². The number of methoxy groups -OCH3 is 1. The zero-order valence-electron chi connectivity index (χ0n) is 16.0. The quantitative estimate of drug-likeness (QED) is 0.479. The SMILES string of the molecule is COc1ccc(NC(=S)NN=C2CC(c3ccccc3)Oc3ccccc32)cc1. The van der Waals surface area contributed by atoms with Crippen LogP contribution in [0, 0.1) is 0 Å². The molecule has 3 aromatic carbocycles. The van der Waals surface area contributed by atoms with E-state index in [1.54, 1.807) is 7.11 Å². The van der Waals surface area contributed by atoms with E-state index in [9.17, 15) is 0 Å². The number of ether oxygens (including phenoxy) is 2. The summed E-state index contributed by atoms with van der Waals surface area (Å²) in [6.07, 6.45) is 0.564. The average molecular weight is 404 g/mol. The van der Waals surface area contributed by atoms with Crippen molar-refractivity contribution in [2.75, 3.05) is 12.4 Å². The van der Waals surface area contributed by atoms with Gasteiger partial charge in [0, 0.05) is 17.7 Å². The van der Waals surface area contributed by atoms with Gasteiger partial charge < -0.3 is 14.8 Å². The summed E-state index contributed by atoms with van der Waals surface area (Å²) in [5.74, 6) is 1.61. The molecule has 1 heterocycles. The molecule has 1 aliphatic heterocycles. The van der Waals surface area contributed by atoms with E-state index >= 15 is 0 Å². The number of nitrogens with one attached hydrogen (secondary N) is 2. The number of anilines is 1. The first-order valence-corrected chi connectivity index (χ1v) is 9.72. The van der Waals surface area contributed by atoms with Crippen molar-refractivity contribution in [2.45, 2.75) is 12.5 Å². The van der Waals surface area contributed by atoms with Crippen LogP contribution >= 0.6 is 12.2 Å². The number of fused-ring (bicyclic) bond motifs is 1. The first-order chi connectivity index (χ1) is 14.2. The van der Waals surface area contributed by atoms with Crippen molar-refractivity contribution in [3.8, 4) is 11.5 Å². The molecule has 2 N–H and O–H groups in total. The first-order valence-electron chi connectivity index (χ1n) is 9.31. The Hall–Kier alpha value is -3.38. The number of hydrogen-bond acceptors (Lipinski definition) is 4. The van der Waals surface area contributed by atoms with Crippen molar-refractivity contribution >= 4 is 28.7 Å². The molecule has 6 heteroatoms. The second-order valence-corrected chi connectivity index (χ2v) is 6.98. The van der Waals surface area contributed by atoms with Gasteiger partial charge in [-0.3, -0.25) is 5.43 Å². The zero-order valence-corrected chi connectivity index (χ0v) is 16.8. The fourth-order valence-corrected chi connectivity index (χ4v) is 3.36. The number of para-hydroxylation sites is 1. The van der Waals surface area contributed by atoms with Crippen LogP contribution in [0.4, 0.5) is 5.69 Å². The summed E-state index contributed by atoms with van der Waals surface area (Å²) in [5, 5.41) is 8.13. The van der Waals surface area contributed by atoms with Crippen molar-refractivity contribution in [2.24, 2.45) is 5.10 Å². The summed E-state index contributed by atoms with van der Waals surface area (Å²) < 4.78 is 11.4. The lowest BCUT2D eigenvalue weighted by Crippen LogP contribution is -2.28. The summed E-state index contributed by atoms with van der Waals surface area (Å²) in [7, 11) is 1.64. The highest BCUT2D eigenvalue weighted by molar-refractivity contribution is 7.80. The largest absolute Gasteiger partial charge is 0.497 e. The van der Waals surface area contributed by atoms with Crippen LogP contribution in [-0.4, -0.2) is 17.9 Å². The highest BCUT2D eigenvalue weighted by Crippen LogP contribution is 2.34. The molecule has 0 amide bonds. The summed E-state index contributed by atoms with van der Waals surface area (Å²) in [6, 6.07) is 25.6. The van der Waals surface area contributed by atoms with Crippen LogP contribution in [0.15, 0.2) is 84.0 Å². The van der Waals surface area contributed by atoms with Crippen molar-refractivity contribution in [3.05, 3.63) is 90.0 Å². The molecule has 1 atom stereocenters. The van der Waals surface area contributed by atoms with E-state index in [1.165, 1.54) is 0 Å². The van der Waals surface area contributed by atoms with Gasteiger partial charge in [0.05, 0.1) is 12.8 Å². The Balaban J connectivity index is 1.50. The van der Waals surface area contributed by atoms with Gasteiger partial charge in [0.15, 0.2) is 5.11 Å². The van der Waals surface area contributed by atoms with Gasteiger partial charge in [0.25, 0.3) is 0 Å². The molecule has 4 rings (SSSR count). The van der Waals surface area contributed by atoms with Crippen LogP contribution < -0.4 is 20.2 Å². The topological polar surface area (TPSA) is 54.9 Å². The fourth-order valence-electron chi connectivity index (χ4n) is 3.20. The van der Waals surface area contributed by atoms with Gasteiger partial charge >= 0.3 is 0 Å². The maximum absolute atomic E-state index is 6.20. The minimum atomic E-state index is -0.0882. The van der Waals surface area contributed by atoms with Gasteiger partial charge in [-0.15, -0.1) is 0 Å². The Morgan fingerprint density at radius 3 is 2.48 bits per heavy atom. The molecule has 146 valence electrons. The lowest BCUT2D eigenvalue weighted by atomic mass is 9.96. The molecule has 0 radical (unpaired) electrons. The lowest BCUT2D eigenvalue weighted by molar-refractivity contribution is 0.206. The number of rotatable bonds is 4. The normalized spacial score (nSPS) is 16.4. The molecule has 1 aliphatic rings. The molecular formula is C23H21N3O2S. The van der Waals surface area contributed by atoms with E-state index in [4.69, 9.17) is 21.7 Å². The van der Waals surface area contributed by atoms with Gasteiger partial charge in [-0.2, -0.15) is 5.10 Å². The summed E-state index contributed by atoms with van der Waals surface area (Å²) in [6.45, 7) is 0. The number of nitrogens with zero attached hydrogens (tertiary/aromatic N) is 1. The molecule has 0 saturated heterocycles. The van der Waals surface area contributed by atoms with Crippen LogP contribution in [0.3, 0.4) is 0 Å². The summed E-state index contributed by atoms with van der Waals surface area (Å²) in [5.41, 5.74) is 6.82. The first kappa shape index (κ1) is 19.0. The fraction of sp³-hybridized carbons (Fsp3) is 0.130. The minimum Gasteiger partial charge on any atom is -0.497 e. The third-order valence-electron chi connectivity index (χ3n) is 4.66. The molecule has 0 spiro atoms. The van der Waals surface area contributed by atoms with Crippen LogP contribution in [0.25, 0.3) is 0 Å². The molecule has 3 aromatic rings. The number of hydrogen-bond donors (Lipinski definition) is 2. The van der Waals surface area contributed by atoms with Crippen LogP contribution in [0.1, 0.15) is 23.7 Å². The van der Waals surface area contributed by atoms with Crippen LogP contribution in [0.5, 0.6) is 11.5 Å². The van der Waals surface area contributed by atoms with E-state index in [0.29, 0.717) is 11.5 Å². The standard InChI is InChI=1S/C23H21N3O2S/c1-27-18-13-11-17(12-14-18)24-23(29)26-25-20-15-22(16-7-3-2-4-8-16)28-21-10-6-5-9-19(20)21/h2-14,22H,15H2,1H3,(H2,24,26,29).